The van der Waals surface area contributed by atoms with Gasteiger partial charge in [0.2, 0.25) is 5.82 Å². The Balaban J connectivity index is 1.64. The summed E-state index contributed by atoms with van der Waals surface area (Å²) in [5, 5.41) is 4.07. The first-order chi connectivity index (χ1) is 12.4. The van der Waals surface area contributed by atoms with Crippen molar-refractivity contribution in [2.24, 2.45) is 5.92 Å². The molecular weight excluding hydrogens is 334 g/mol. The first-order valence-electron chi connectivity index (χ1n) is 8.82. The summed E-state index contributed by atoms with van der Waals surface area (Å²) in [6.45, 7) is 7.02. The number of ether oxygens (including phenoxy) is 2. The van der Waals surface area contributed by atoms with Gasteiger partial charge >= 0.3 is 12.0 Å². The fourth-order valence-electron chi connectivity index (χ4n) is 2.97. The van der Waals surface area contributed by atoms with Gasteiger partial charge in [-0.15, -0.1) is 0 Å². The summed E-state index contributed by atoms with van der Waals surface area (Å²) in [7, 11) is 1.61. The summed E-state index contributed by atoms with van der Waals surface area (Å²) in [5.41, 5.74) is 0.332. The fraction of sp³-hybridized carbons (Fsp3) is 0.526. The minimum atomic E-state index is -0.454. The van der Waals surface area contributed by atoms with Crippen LogP contribution in [0.1, 0.15) is 33.6 Å². The van der Waals surface area contributed by atoms with E-state index in [1.807, 2.05) is 49.9 Å². The number of benzene rings is 1. The summed E-state index contributed by atoms with van der Waals surface area (Å²) < 4.78 is 16.3. The molecule has 0 N–H and O–H groups in total. The molecule has 1 saturated heterocycles. The van der Waals surface area contributed by atoms with Crippen molar-refractivity contribution in [2.75, 3.05) is 25.1 Å². The van der Waals surface area contributed by atoms with Gasteiger partial charge in [0, 0.05) is 13.1 Å². The van der Waals surface area contributed by atoms with E-state index in [1.54, 1.807) is 7.11 Å². The molecule has 1 aromatic carbocycles. The number of carbonyl (C=O) groups is 1. The lowest BCUT2D eigenvalue weighted by molar-refractivity contribution is -0.160. The molecule has 1 fully saturated rings. The average Bonchev–Trinajstić information content (AvgIpc) is 3.10. The highest BCUT2D eigenvalue weighted by Gasteiger charge is 2.30. The summed E-state index contributed by atoms with van der Waals surface area (Å²) >= 11 is 0. The summed E-state index contributed by atoms with van der Waals surface area (Å²) in [6, 6.07) is 8.01. The molecule has 0 bridgehead atoms. The Morgan fingerprint density at radius 3 is 2.58 bits per heavy atom. The van der Waals surface area contributed by atoms with Crippen molar-refractivity contribution >= 4 is 12.0 Å². The van der Waals surface area contributed by atoms with Gasteiger partial charge in [-0.2, -0.15) is 4.98 Å². The van der Waals surface area contributed by atoms with E-state index in [4.69, 9.17) is 14.0 Å². The lowest BCUT2D eigenvalue weighted by atomic mass is 9.97. The molecule has 1 aliphatic heterocycles. The smallest absolute Gasteiger partial charge is 0.324 e. The highest BCUT2D eigenvalue weighted by molar-refractivity contribution is 5.73. The number of aromatic nitrogens is 2. The Morgan fingerprint density at radius 2 is 1.92 bits per heavy atom. The van der Waals surface area contributed by atoms with Crippen LogP contribution in [-0.2, 0) is 9.53 Å². The minimum absolute atomic E-state index is 0.0814. The third-order valence-electron chi connectivity index (χ3n) is 4.27. The van der Waals surface area contributed by atoms with E-state index in [0.29, 0.717) is 43.5 Å². The van der Waals surface area contributed by atoms with Gasteiger partial charge in [0.05, 0.1) is 18.6 Å². The lowest BCUT2D eigenvalue weighted by Crippen LogP contribution is -2.39. The van der Waals surface area contributed by atoms with Crippen LogP contribution in [0.5, 0.6) is 5.75 Å². The topological polar surface area (TPSA) is 77.7 Å². The number of anilines is 1. The Kier molecular flexibility index (Phi) is 5.15. The monoisotopic (exact) mass is 359 g/mol. The lowest BCUT2D eigenvalue weighted by Gasteiger charge is -2.31. The van der Waals surface area contributed by atoms with Crippen molar-refractivity contribution in [1.29, 1.82) is 0 Å². The first kappa shape index (κ1) is 18.2. The van der Waals surface area contributed by atoms with Gasteiger partial charge in [0.25, 0.3) is 0 Å². The van der Waals surface area contributed by atoms with E-state index < -0.39 is 5.60 Å². The molecule has 2 heterocycles. The molecule has 1 aliphatic rings. The van der Waals surface area contributed by atoms with Gasteiger partial charge in [-0.3, -0.25) is 4.79 Å². The predicted molar refractivity (Wildman–Crippen MR) is 97.1 cm³/mol. The van der Waals surface area contributed by atoms with Crippen molar-refractivity contribution in [3.8, 4) is 17.1 Å². The molecule has 0 radical (unpaired) electrons. The Morgan fingerprint density at radius 1 is 1.23 bits per heavy atom. The zero-order valence-corrected chi connectivity index (χ0v) is 15.7. The van der Waals surface area contributed by atoms with E-state index in [0.717, 1.165) is 5.56 Å². The number of esters is 1. The minimum Gasteiger partial charge on any atom is -0.496 e. The van der Waals surface area contributed by atoms with Crippen molar-refractivity contribution in [3.63, 3.8) is 0 Å². The Labute approximate surface area is 153 Å². The van der Waals surface area contributed by atoms with E-state index in [2.05, 4.69) is 10.1 Å². The molecule has 7 heteroatoms. The number of hydrogen-bond acceptors (Lipinski definition) is 7. The Hall–Kier alpha value is -2.57. The van der Waals surface area contributed by atoms with Gasteiger partial charge in [0.15, 0.2) is 0 Å². The van der Waals surface area contributed by atoms with Crippen LogP contribution >= 0.6 is 0 Å². The second-order valence-electron chi connectivity index (χ2n) is 7.40. The van der Waals surface area contributed by atoms with E-state index >= 15 is 0 Å². The maximum Gasteiger partial charge on any atom is 0.324 e. The second kappa shape index (κ2) is 7.35. The number of rotatable bonds is 4. The molecule has 1 aromatic heterocycles. The molecule has 26 heavy (non-hydrogen) atoms. The molecule has 7 nitrogen and oxygen atoms in total. The highest BCUT2D eigenvalue weighted by Crippen LogP contribution is 2.30. The maximum absolute atomic E-state index is 12.2. The SMILES string of the molecule is COc1ccccc1-c1noc(N2CCC(C(=O)OC(C)(C)C)CC2)n1. The number of carbonyl (C=O) groups excluding carboxylic acids is 1. The molecule has 0 saturated carbocycles. The molecule has 0 unspecified atom stereocenters. The van der Waals surface area contributed by atoms with Gasteiger partial charge in [0.1, 0.15) is 11.4 Å². The summed E-state index contributed by atoms with van der Waals surface area (Å²) in [5.74, 6) is 0.981. The van der Waals surface area contributed by atoms with E-state index in [-0.39, 0.29) is 11.9 Å². The molecule has 0 atom stereocenters. The van der Waals surface area contributed by atoms with Gasteiger partial charge in [-0.05, 0) is 45.7 Å². The zero-order chi connectivity index (χ0) is 18.7. The number of piperidine rings is 1. The average molecular weight is 359 g/mol. The van der Waals surface area contributed by atoms with E-state index in [9.17, 15) is 4.79 Å². The van der Waals surface area contributed by atoms with Crippen LogP contribution in [0.2, 0.25) is 0 Å². The summed E-state index contributed by atoms with van der Waals surface area (Å²) in [4.78, 5) is 18.7. The van der Waals surface area contributed by atoms with Crippen LogP contribution in [0, 0.1) is 5.92 Å². The molecular formula is C19H25N3O4. The van der Waals surface area contributed by atoms with Crippen LogP contribution in [-0.4, -0.2) is 41.9 Å². The molecule has 0 aliphatic carbocycles. The van der Waals surface area contributed by atoms with Gasteiger partial charge < -0.3 is 18.9 Å². The number of methoxy groups -OCH3 is 1. The molecule has 0 amide bonds. The quantitative estimate of drug-likeness (QED) is 0.775. The number of para-hydroxylation sites is 1. The Bertz CT molecular complexity index is 758. The largest absolute Gasteiger partial charge is 0.496 e. The normalized spacial score (nSPS) is 15.8. The molecule has 140 valence electrons. The standard InChI is InChI=1S/C19H25N3O4/c1-19(2,3)25-17(23)13-9-11-22(12-10-13)18-20-16(21-26-18)14-7-5-6-8-15(14)24-4/h5-8,13H,9-12H2,1-4H3. The van der Waals surface area contributed by atoms with Crippen LogP contribution in [0.25, 0.3) is 11.4 Å². The van der Waals surface area contributed by atoms with Crippen molar-refractivity contribution in [3.05, 3.63) is 24.3 Å². The summed E-state index contributed by atoms with van der Waals surface area (Å²) in [6.07, 6.45) is 1.42. The van der Waals surface area contributed by atoms with Gasteiger partial charge in [-0.1, -0.05) is 17.3 Å². The van der Waals surface area contributed by atoms with Crippen LogP contribution in [0.3, 0.4) is 0 Å². The third-order valence-corrected chi connectivity index (χ3v) is 4.27. The molecule has 0 spiro atoms. The van der Waals surface area contributed by atoms with Crippen LogP contribution in [0.4, 0.5) is 6.01 Å². The number of hydrogen-bond donors (Lipinski definition) is 0. The highest BCUT2D eigenvalue weighted by atomic mass is 16.6. The van der Waals surface area contributed by atoms with Crippen LogP contribution < -0.4 is 9.64 Å². The second-order valence-corrected chi connectivity index (χ2v) is 7.40. The van der Waals surface area contributed by atoms with Crippen molar-refractivity contribution in [1.82, 2.24) is 10.1 Å². The molecule has 2 aromatic rings. The number of nitrogens with zero attached hydrogens (tertiary/aromatic N) is 3. The van der Waals surface area contributed by atoms with Crippen molar-refractivity contribution < 1.29 is 18.8 Å². The maximum atomic E-state index is 12.2. The van der Waals surface area contributed by atoms with Gasteiger partial charge in [-0.25, -0.2) is 0 Å². The van der Waals surface area contributed by atoms with Crippen molar-refractivity contribution in [2.45, 2.75) is 39.2 Å². The van der Waals surface area contributed by atoms with Crippen LogP contribution in [0.15, 0.2) is 28.8 Å². The fourth-order valence-corrected chi connectivity index (χ4v) is 2.97. The molecule has 3 rings (SSSR count). The zero-order valence-electron chi connectivity index (χ0n) is 15.7. The first-order valence-corrected chi connectivity index (χ1v) is 8.82. The predicted octanol–water partition coefficient (Wildman–Crippen LogP) is 3.30. The van der Waals surface area contributed by atoms with E-state index in [1.165, 1.54) is 0 Å². The third kappa shape index (κ3) is 4.15.